The number of thiazole rings is 1. The molecule has 0 saturated carbocycles. The summed E-state index contributed by atoms with van der Waals surface area (Å²) in [4.78, 5) is 52.7. The second-order valence-corrected chi connectivity index (χ2v) is 8.91. The van der Waals surface area contributed by atoms with E-state index in [2.05, 4.69) is 32.2 Å². The highest BCUT2D eigenvalue weighted by molar-refractivity contribution is 7.13. The number of benzene rings is 1. The molecule has 0 bridgehead atoms. The van der Waals surface area contributed by atoms with Crippen molar-refractivity contribution in [2.24, 2.45) is 0 Å². The van der Waals surface area contributed by atoms with Crippen LogP contribution in [-0.2, 0) is 6.42 Å². The van der Waals surface area contributed by atoms with Crippen LogP contribution in [0.2, 0.25) is 0 Å². The molecule has 9 heteroatoms. The quantitative estimate of drug-likeness (QED) is 0.397. The zero-order chi connectivity index (χ0) is 23.5. The molecule has 1 aromatic carbocycles. The Morgan fingerprint density at radius 1 is 1.15 bits per heavy atom. The zero-order valence-electron chi connectivity index (χ0n) is 18.5. The summed E-state index contributed by atoms with van der Waals surface area (Å²) in [5.41, 5.74) is 3.41. The Balaban J connectivity index is 1.47. The van der Waals surface area contributed by atoms with Crippen LogP contribution in [0, 0.1) is 6.92 Å². The third-order valence-corrected chi connectivity index (χ3v) is 6.67. The Morgan fingerprint density at radius 2 is 1.97 bits per heavy atom. The number of aromatic amines is 1. The minimum Gasteiger partial charge on any atom is -0.321 e. The van der Waals surface area contributed by atoms with Gasteiger partial charge in [-0.2, -0.15) is 0 Å². The maximum absolute atomic E-state index is 12.9. The summed E-state index contributed by atoms with van der Waals surface area (Å²) in [7, 11) is 0. The van der Waals surface area contributed by atoms with E-state index in [4.69, 9.17) is 0 Å². The van der Waals surface area contributed by atoms with Gasteiger partial charge in [0, 0.05) is 29.5 Å². The van der Waals surface area contributed by atoms with E-state index >= 15 is 0 Å². The number of carbonyl (C=O) groups excluding carboxylic acids is 2. The van der Waals surface area contributed by atoms with E-state index in [1.807, 2.05) is 32.0 Å². The molecule has 1 atom stereocenters. The molecule has 0 spiro atoms. The molecule has 1 amide bonds. The van der Waals surface area contributed by atoms with Crippen molar-refractivity contribution in [3.8, 4) is 0 Å². The highest BCUT2D eigenvalue weighted by atomic mass is 32.1. The van der Waals surface area contributed by atoms with E-state index in [0.717, 1.165) is 12.1 Å². The molecule has 3 heterocycles. The fourth-order valence-electron chi connectivity index (χ4n) is 3.60. The van der Waals surface area contributed by atoms with Gasteiger partial charge in [0.1, 0.15) is 22.5 Å². The number of amides is 1. The Hall–Kier alpha value is -3.72. The largest absolute Gasteiger partial charge is 0.321 e. The summed E-state index contributed by atoms with van der Waals surface area (Å²) in [5, 5.41) is 4.11. The van der Waals surface area contributed by atoms with E-state index in [1.165, 1.54) is 41.1 Å². The van der Waals surface area contributed by atoms with Crippen molar-refractivity contribution in [3.63, 3.8) is 0 Å². The summed E-state index contributed by atoms with van der Waals surface area (Å²) in [6, 6.07) is 8.75. The summed E-state index contributed by atoms with van der Waals surface area (Å²) >= 11 is 1.27. The molecule has 0 fully saturated rings. The molecule has 168 valence electrons. The van der Waals surface area contributed by atoms with Gasteiger partial charge in [0.15, 0.2) is 5.78 Å². The molecule has 0 aliphatic rings. The van der Waals surface area contributed by atoms with Crippen molar-refractivity contribution in [1.29, 1.82) is 0 Å². The monoisotopic (exact) mass is 461 g/mol. The van der Waals surface area contributed by atoms with E-state index in [9.17, 15) is 14.4 Å². The molecule has 2 N–H and O–H groups in total. The van der Waals surface area contributed by atoms with Gasteiger partial charge in [-0.3, -0.25) is 14.4 Å². The summed E-state index contributed by atoms with van der Waals surface area (Å²) in [5.74, 6) is -0.619. The van der Waals surface area contributed by atoms with Gasteiger partial charge < -0.3 is 10.3 Å². The minimum atomic E-state index is -0.293. The number of Topliss-reactive ketones (excluding diaryl/α,β-unsaturated/α-hetero) is 1. The molecule has 4 aromatic rings. The Morgan fingerprint density at radius 3 is 2.76 bits per heavy atom. The number of nitrogens with zero attached hydrogens (tertiary/aromatic N) is 3. The molecule has 0 saturated heterocycles. The number of rotatable bonds is 7. The van der Waals surface area contributed by atoms with Crippen LogP contribution in [0.1, 0.15) is 62.5 Å². The number of aryl methyl sites for hydroxylation is 2. The maximum Gasteiger partial charge on any atom is 0.267 e. The number of ketones is 1. The lowest BCUT2D eigenvalue weighted by Gasteiger charge is -2.09. The van der Waals surface area contributed by atoms with Gasteiger partial charge in [-0.05, 0) is 42.7 Å². The van der Waals surface area contributed by atoms with E-state index in [-0.39, 0.29) is 35.3 Å². The molecule has 0 unspecified atom stereocenters. The number of anilines is 1. The number of carbonyl (C=O) groups is 2. The van der Waals surface area contributed by atoms with Crippen LogP contribution in [0.4, 0.5) is 5.69 Å². The molecule has 33 heavy (non-hydrogen) atoms. The molecule has 8 nitrogen and oxygen atoms in total. The fraction of sp³-hybridized carbons (Fsp3) is 0.250. The zero-order valence-corrected chi connectivity index (χ0v) is 19.3. The van der Waals surface area contributed by atoms with Crippen molar-refractivity contribution in [2.75, 3.05) is 5.32 Å². The first-order valence-electron chi connectivity index (χ1n) is 10.6. The predicted octanol–water partition coefficient (Wildman–Crippen LogP) is 4.27. The number of pyridine rings is 1. The molecule has 0 aliphatic carbocycles. The van der Waals surface area contributed by atoms with E-state index in [0.29, 0.717) is 20.9 Å². The van der Waals surface area contributed by atoms with Crippen molar-refractivity contribution >= 4 is 39.7 Å². The number of hydrogen-bond acceptors (Lipinski definition) is 7. The van der Waals surface area contributed by atoms with Crippen molar-refractivity contribution in [1.82, 2.24) is 19.9 Å². The predicted molar refractivity (Wildman–Crippen MR) is 128 cm³/mol. The Labute approximate surface area is 194 Å². The molecule has 3 aromatic heterocycles. The van der Waals surface area contributed by atoms with E-state index in [1.54, 1.807) is 6.07 Å². The van der Waals surface area contributed by atoms with Gasteiger partial charge in [-0.1, -0.05) is 19.9 Å². The average molecular weight is 462 g/mol. The summed E-state index contributed by atoms with van der Waals surface area (Å²) in [6.07, 6.45) is 3.86. The van der Waals surface area contributed by atoms with Gasteiger partial charge in [-0.25, -0.2) is 15.0 Å². The van der Waals surface area contributed by atoms with Gasteiger partial charge in [0.05, 0.1) is 11.2 Å². The molecular formula is C24H23N5O3S. The first-order chi connectivity index (χ1) is 15.9. The molecular weight excluding hydrogens is 438 g/mol. The molecule has 0 aliphatic heterocycles. The van der Waals surface area contributed by atoms with Gasteiger partial charge in [-0.15, -0.1) is 11.3 Å². The van der Waals surface area contributed by atoms with Crippen LogP contribution in [-0.4, -0.2) is 31.6 Å². The first-order valence-corrected chi connectivity index (χ1v) is 11.4. The highest BCUT2D eigenvalue weighted by Crippen LogP contribution is 2.27. The van der Waals surface area contributed by atoms with E-state index < -0.39 is 0 Å². The standard InChI is InChI=1S/C24H23N5O3S/c1-4-15-10-16(6-5-13(15)2)28-23(32)19-11-25-24(33-19)14(3)9-18(30)21-17-7-8-20(31)29-22(17)27-12-26-21/h5-8,10-12,14H,4,9H2,1-3H3,(H,28,32)(H,26,27,29,31)/t14-/m0/s1. The number of hydrogen-bond donors (Lipinski definition) is 2. The van der Waals surface area contributed by atoms with Crippen LogP contribution in [0.3, 0.4) is 0 Å². The van der Waals surface area contributed by atoms with Crippen LogP contribution < -0.4 is 10.9 Å². The summed E-state index contributed by atoms with van der Waals surface area (Å²) in [6.45, 7) is 6.01. The van der Waals surface area contributed by atoms with Crippen LogP contribution >= 0.6 is 11.3 Å². The average Bonchev–Trinajstić information content (AvgIpc) is 3.30. The number of H-pyrrole nitrogens is 1. The van der Waals surface area contributed by atoms with Crippen molar-refractivity contribution < 1.29 is 9.59 Å². The number of nitrogens with one attached hydrogen (secondary N) is 2. The van der Waals surface area contributed by atoms with Crippen LogP contribution in [0.5, 0.6) is 0 Å². The third kappa shape index (κ3) is 4.88. The lowest BCUT2D eigenvalue weighted by atomic mass is 10.0. The second-order valence-electron chi connectivity index (χ2n) is 7.85. The normalized spacial score (nSPS) is 12.0. The molecule has 0 radical (unpaired) electrons. The van der Waals surface area contributed by atoms with Gasteiger partial charge >= 0.3 is 0 Å². The maximum atomic E-state index is 12.9. The smallest absolute Gasteiger partial charge is 0.267 e. The summed E-state index contributed by atoms with van der Waals surface area (Å²) < 4.78 is 0. The highest BCUT2D eigenvalue weighted by Gasteiger charge is 2.21. The SMILES string of the molecule is CCc1cc(NC(=O)c2cnc([C@@H](C)CC(=O)c3ncnc4[nH]c(=O)ccc34)s2)ccc1C. The van der Waals surface area contributed by atoms with Crippen molar-refractivity contribution in [3.05, 3.63) is 79.9 Å². The van der Waals surface area contributed by atoms with Gasteiger partial charge in [0.2, 0.25) is 5.56 Å². The minimum absolute atomic E-state index is 0.164. The third-order valence-electron chi connectivity index (χ3n) is 5.44. The van der Waals surface area contributed by atoms with Crippen LogP contribution in [0.25, 0.3) is 11.0 Å². The molecule has 4 rings (SSSR count). The van der Waals surface area contributed by atoms with Crippen molar-refractivity contribution in [2.45, 2.75) is 39.5 Å². The number of aromatic nitrogens is 4. The second kappa shape index (κ2) is 9.41. The lowest BCUT2D eigenvalue weighted by Crippen LogP contribution is -2.11. The van der Waals surface area contributed by atoms with Crippen LogP contribution in [0.15, 0.2) is 47.7 Å². The lowest BCUT2D eigenvalue weighted by molar-refractivity contribution is 0.0971. The topological polar surface area (TPSA) is 118 Å². The first kappa shape index (κ1) is 22.5. The Bertz CT molecular complexity index is 1410. The van der Waals surface area contributed by atoms with Gasteiger partial charge in [0.25, 0.3) is 5.91 Å². The number of fused-ring (bicyclic) bond motifs is 1. The fourth-order valence-corrected chi connectivity index (χ4v) is 4.46. The Kier molecular flexibility index (Phi) is 6.41.